The normalized spacial score (nSPS) is 49.3. The highest BCUT2D eigenvalue weighted by Crippen LogP contribution is 2.61. The third-order valence-corrected chi connectivity index (χ3v) is 7.96. The molecule has 0 aromatic rings. The fourth-order valence-electron chi connectivity index (χ4n) is 6.99. The van der Waals surface area contributed by atoms with Crippen LogP contribution >= 0.6 is 0 Å². The van der Waals surface area contributed by atoms with Crippen molar-refractivity contribution in [3.05, 3.63) is 0 Å². The molecule has 0 aromatic heterocycles. The van der Waals surface area contributed by atoms with Gasteiger partial charge in [0.05, 0.1) is 0 Å². The average Bonchev–Trinajstić information content (AvgIpc) is 2.39. The molecule has 1 nitrogen and oxygen atoms in total. The summed E-state index contributed by atoms with van der Waals surface area (Å²) in [7, 11) is 0. The van der Waals surface area contributed by atoms with Gasteiger partial charge in [-0.2, -0.15) is 0 Å². The van der Waals surface area contributed by atoms with Crippen LogP contribution in [-0.4, -0.2) is 12.1 Å². The standard InChI is InChI=1S/C20H35N/c1-14(21-18-6-4-5-7-19(18,2)3)20-11-15-8-16(12-20)10-17(9-15)13-20/h14-18,21H,4-13H2,1-3H3. The largest absolute Gasteiger partial charge is 0.310 e. The number of hydrogen-bond donors (Lipinski definition) is 1. The summed E-state index contributed by atoms with van der Waals surface area (Å²) in [6.07, 6.45) is 15.0. The molecule has 120 valence electrons. The summed E-state index contributed by atoms with van der Waals surface area (Å²) in [4.78, 5) is 0. The highest BCUT2D eigenvalue weighted by atomic mass is 15.0. The van der Waals surface area contributed by atoms with E-state index in [1.807, 2.05) is 0 Å². The van der Waals surface area contributed by atoms with E-state index in [-0.39, 0.29) is 0 Å². The highest BCUT2D eigenvalue weighted by molar-refractivity contribution is 5.06. The molecule has 0 aliphatic heterocycles. The average molecular weight is 290 g/mol. The molecule has 5 fully saturated rings. The zero-order valence-electron chi connectivity index (χ0n) is 14.5. The molecule has 21 heavy (non-hydrogen) atoms. The smallest absolute Gasteiger partial charge is 0.0121 e. The monoisotopic (exact) mass is 289 g/mol. The van der Waals surface area contributed by atoms with Crippen molar-refractivity contribution in [2.24, 2.45) is 28.6 Å². The lowest BCUT2D eigenvalue weighted by molar-refractivity contribution is -0.0756. The second-order valence-corrected chi connectivity index (χ2v) is 9.96. The molecule has 5 saturated carbocycles. The van der Waals surface area contributed by atoms with Crippen molar-refractivity contribution in [3.8, 4) is 0 Å². The molecule has 2 unspecified atom stereocenters. The first kappa shape index (κ1) is 14.5. The lowest BCUT2D eigenvalue weighted by Crippen LogP contribution is -2.58. The number of rotatable bonds is 3. The summed E-state index contributed by atoms with van der Waals surface area (Å²) in [6, 6.07) is 1.50. The minimum absolute atomic E-state index is 0.509. The van der Waals surface area contributed by atoms with Gasteiger partial charge in [0.25, 0.3) is 0 Å². The van der Waals surface area contributed by atoms with Gasteiger partial charge in [0.1, 0.15) is 0 Å². The molecule has 0 heterocycles. The van der Waals surface area contributed by atoms with E-state index in [1.165, 1.54) is 25.7 Å². The summed E-state index contributed by atoms with van der Waals surface area (Å²) in [6.45, 7) is 7.53. The third-order valence-electron chi connectivity index (χ3n) is 7.96. The first-order valence-corrected chi connectivity index (χ1v) is 9.73. The number of hydrogen-bond acceptors (Lipinski definition) is 1. The first-order valence-electron chi connectivity index (χ1n) is 9.73. The van der Waals surface area contributed by atoms with E-state index in [9.17, 15) is 0 Å². The molecule has 0 spiro atoms. The van der Waals surface area contributed by atoms with Crippen molar-refractivity contribution in [2.45, 2.75) is 97.1 Å². The van der Waals surface area contributed by atoms with E-state index >= 15 is 0 Å². The Morgan fingerprint density at radius 1 is 0.905 bits per heavy atom. The molecular formula is C20H35N. The minimum atomic E-state index is 0.509. The fraction of sp³-hybridized carbons (Fsp3) is 1.00. The SMILES string of the molecule is CC(NC1CCCCC1(C)C)C12CC3CC(CC(C3)C1)C2. The van der Waals surface area contributed by atoms with E-state index in [4.69, 9.17) is 0 Å². The maximum Gasteiger partial charge on any atom is 0.0121 e. The van der Waals surface area contributed by atoms with Crippen LogP contribution in [0.25, 0.3) is 0 Å². The Hall–Kier alpha value is -0.0400. The van der Waals surface area contributed by atoms with Gasteiger partial charge < -0.3 is 5.32 Å². The summed E-state index contributed by atoms with van der Waals surface area (Å²) < 4.78 is 0. The van der Waals surface area contributed by atoms with Crippen molar-refractivity contribution in [1.82, 2.24) is 5.32 Å². The Kier molecular flexibility index (Phi) is 3.45. The molecule has 1 heteroatoms. The molecule has 2 atom stereocenters. The second-order valence-electron chi connectivity index (χ2n) is 9.96. The van der Waals surface area contributed by atoms with Crippen LogP contribution in [0.5, 0.6) is 0 Å². The zero-order chi connectivity index (χ0) is 14.7. The molecule has 0 aromatic carbocycles. The Balaban J connectivity index is 1.48. The Bertz CT molecular complexity index is 361. The maximum absolute atomic E-state index is 4.17. The van der Waals surface area contributed by atoms with Gasteiger partial charge in [-0.15, -0.1) is 0 Å². The molecule has 4 bridgehead atoms. The van der Waals surface area contributed by atoms with Crippen LogP contribution in [-0.2, 0) is 0 Å². The Labute approximate surface area is 131 Å². The van der Waals surface area contributed by atoms with E-state index in [2.05, 4.69) is 26.1 Å². The van der Waals surface area contributed by atoms with Gasteiger partial charge in [0, 0.05) is 12.1 Å². The predicted octanol–water partition coefficient (Wildman–Crippen LogP) is 5.15. The maximum atomic E-state index is 4.17. The molecule has 0 amide bonds. The predicted molar refractivity (Wildman–Crippen MR) is 89.2 cm³/mol. The third kappa shape index (κ3) is 2.48. The van der Waals surface area contributed by atoms with E-state index in [0.29, 0.717) is 10.8 Å². The van der Waals surface area contributed by atoms with Crippen molar-refractivity contribution < 1.29 is 0 Å². The molecule has 0 saturated heterocycles. The van der Waals surface area contributed by atoms with Gasteiger partial charge in [0.15, 0.2) is 0 Å². The van der Waals surface area contributed by atoms with Crippen molar-refractivity contribution in [3.63, 3.8) is 0 Å². The van der Waals surface area contributed by atoms with Crippen molar-refractivity contribution in [1.29, 1.82) is 0 Å². The number of nitrogens with one attached hydrogen (secondary N) is 1. The van der Waals surface area contributed by atoms with Crippen LogP contribution in [0.2, 0.25) is 0 Å². The van der Waals surface area contributed by atoms with Crippen LogP contribution in [0.4, 0.5) is 0 Å². The lowest BCUT2D eigenvalue weighted by Gasteiger charge is -2.60. The van der Waals surface area contributed by atoms with Crippen molar-refractivity contribution >= 4 is 0 Å². The van der Waals surface area contributed by atoms with E-state index in [0.717, 1.165) is 29.8 Å². The molecule has 1 N–H and O–H groups in total. The lowest BCUT2D eigenvalue weighted by atomic mass is 9.48. The summed E-state index contributed by atoms with van der Waals surface area (Å²) in [5.41, 5.74) is 1.18. The molecule has 5 rings (SSSR count). The fourth-order valence-corrected chi connectivity index (χ4v) is 6.99. The zero-order valence-corrected chi connectivity index (χ0v) is 14.5. The van der Waals surface area contributed by atoms with Crippen LogP contribution in [0, 0.1) is 28.6 Å². The van der Waals surface area contributed by atoms with Crippen LogP contribution in [0.3, 0.4) is 0 Å². The van der Waals surface area contributed by atoms with Crippen LogP contribution < -0.4 is 5.32 Å². The van der Waals surface area contributed by atoms with Crippen LogP contribution in [0.1, 0.15) is 85.0 Å². The van der Waals surface area contributed by atoms with Gasteiger partial charge in [-0.3, -0.25) is 0 Å². The van der Waals surface area contributed by atoms with Gasteiger partial charge in [0.2, 0.25) is 0 Å². The second kappa shape index (κ2) is 4.98. The molecular weight excluding hydrogens is 254 g/mol. The van der Waals surface area contributed by atoms with Crippen LogP contribution in [0.15, 0.2) is 0 Å². The van der Waals surface area contributed by atoms with E-state index in [1.54, 1.807) is 38.5 Å². The molecule has 5 aliphatic rings. The summed E-state index contributed by atoms with van der Waals surface area (Å²) >= 11 is 0. The highest BCUT2D eigenvalue weighted by Gasteiger charge is 2.53. The Morgan fingerprint density at radius 3 is 2.00 bits per heavy atom. The summed E-state index contributed by atoms with van der Waals surface area (Å²) in [5.74, 6) is 3.25. The van der Waals surface area contributed by atoms with Gasteiger partial charge in [-0.1, -0.05) is 26.7 Å². The molecule has 0 radical (unpaired) electrons. The van der Waals surface area contributed by atoms with Gasteiger partial charge in [-0.05, 0) is 86.9 Å². The van der Waals surface area contributed by atoms with Crippen molar-refractivity contribution in [2.75, 3.05) is 0 Å². The van der Waals surface area contributed by atoms with Gasteiger partial charge in [-0.25, -0.2) is 0 Å². The topological polar surface area (TPSA) is 12.0 Å². The van der Waals surface area contributed by atoms with E-state index < -0.39 is 0 Å². The van der Waals surface area contributed by atoms with Gasteiger partial charge >= 0.3 is 0 Å². The summed E-state index contributed by atoms with van der Waals surface area (Å²) in [5, 5.41) is 4.17. The minimum Gasteiger partial charge on any atom is -0.310 e. The Morgan fingerprint density at radius 2 is 1.48 bits per heavy atom. The quantitative estimate of drug-likeness (QED) is 0.757. The molecule has 5 aliphatic carbocycles. The first-order chi connectivity index (χ1) is 9.97.